The molecule has 0 aliphatic rings. The van der Waals surface area contributed by atoms with Gasteiger partial charge in [-0.3, -0.25) is 0 Å². The Morgan fingerprint density at radius 2 is 1.47 bits per heavy atom. The van der Waals surface area contributed by atoms with Crippen molar-refractivity contribution in [2.24, 2.45) is 0 Å². The van der Waals surface area contributed by atoms with E-state index in [1.165, 1.54) is 6.07 Å². The number of hydrogen-bond acceptors (Lipinski definition) is 0. The van der Waals surface area contributed by atoms with Crippen LogP contribution in [-0.2, 0) is 6.18 Å². The van der Waals surface area contributed by atoms with Gasteiger partial charge in [0.1, 0.15) is 0 Å². The van der Waals surface area contributed by atoms with Gasteiger partial charge in [-0.1, -0.05) is 54.1 Å². The van der Waals surface area contributed by atoms with E-state index in [-0.39, 0.29) is 5.02 Å². The third-order valence-corrected chi connectivity index (χ3v) is 2.80. The molecular formula is C13H8ClF3. The van der Waals surface area contributed by atoms with Crippen molar-refractivity contribution in [2.75, 3.05) is 0 Å². The molecule has 0 unspecified atom stereocenters. The first kappa shape index (κ1) is 12.0. The van der Waals surface area contributed by atoms with Crippen molar-refractivity contribution in [3.05, 3.63) is 59.1 Å². The molecule has 0 heterocycles. The SMILES string of the molecule is FC(F)(F)c1cccc(-c2ccccc2)c1Cl. The molecule has 0 spiro atoms. The summed E-state index contributed by atoms with van der Waals surface area (Å²) >= 11 is 5.81. The van der Waals surface area contributed by atoms with E-state index in [0.717, 1.165) is 6.07 Å². The van der Waals surface area contributed by atoms with Crippen molar-refractivity contribution >= 4 is 11.6 Å². The molecule has 0 bridgehead atoms. The molecular weight excluding hydrogens is 249 g/mol. The van der Waals surface area contributed by atoms with E-state index in [1.807, 2.05) is 0 Å². The number of alkyl halides is 3. The summed E-state index contributed by atoms with van der Waals surface area (Å²) < 4.78 is 38.0. The molecule has 0 aromatic heterocycles. The van der Waals surface area contributed by atoms with E-state index in [4.69, 9.17) is 11.6 Å². The van der Waals surface area contributed by atoms with Crippen LogP contribution in [0.3, 0.4) is 0 Å². The summed E-state index contributed by atoms with van der Waals surface area (Å²) in [5.74, 6) is 0. The van der Waals surface area contributed by atoms with Crippen LogP contribution in [0.2, 0.25) is 5.02 Å². The maximum Gasteiger partial charge on any atom is 0.417 e. The molecule has 0 radical (unpaired) electrons. The maximum absolute atomic E-state index is 12.7. The van der Waals surface area contributed by atoms with Gasteiger partial charge in [0.15, 0.2) is 0 Å². The van der Waals surface area contributed by atoms with Gasteiger partial charge in [0, 0.05) is 5.56 Å². The average molecular weight is 257 g/mol. The zero-order chi connectivity index (χ0) is 12.5. The van der Waals surface area contributed by atoms with Gasteiger partial charge < -0.3 is 0 Å². The second-order valence-corrected chi connectivity index (χ2v) is 3.91. The number of halogens is 4. The summed E-state index contributed by atoms with van der Waals surface area (Å²) in [7, 11) is 0. The molecule has 4 heteroatoms. The molecule has 2 rings (SSSR count). The third kappa shape index (κ3) is 2.44. The maximum atomic E-state index is 12.7. The Morgan fingerprint density at radius 3 is 2.06 bits per heavy atom. The Bertz CT molecular complexity index is 518. The van der Waals surface area contributed by atoms with Gasteiger partial charge in [0.05, 0.1) is 10.6 Å². The van der Waals surface area contributed by atoms with Gasteiger partial charge in [-0.2, -0.15) is 13.2 Å². The lowest BCUT2D eigenvalue weighted by atomic mass is 10.0. The van der Waals surface area contributed by atoms with Crippen molar-refractivity contribution < 1.29 is 13.2 Å². The highest BCUT2D eigenvalue weighted by molar-refractivity contribution is 6.34. The molecule has 0 aliphatic heterocycles. The molecule has 2 aromatic carbocycles. The largest absolute Gasteiger partial charge is 0.417 e. The summed E-state index contributed by atoms with van der Waals surface area (Å²) in [5, 5.41) is -0.258. The quantitative estimate of drug-likeness (QED) is 0.672. The first-order valence-electron chi connectivity index (χ1n) is 4.91. The minimum atomic E-state index is -4.43. The van der Waals surface area contributed by atoms with E-state index in [2.05, 4.69) is 0 Å². The molecule has 2 aromatic rings. The Balaban J connectivity index is 2.58. The van der Waals surface area contributed by atoms with Gasteiger partial charge in [0.25, 0.3) is 0 Å². The predicted octanol–water partition coefficient (Wildman–Crippen LogP) is 5.03. The summed E-state index contributed by atoms with van der Waals surface area (Å²) in [6.07, 6.45) is -4.43. The van der Waals surface area contributed by atoms with Crippen LogP contribution in [0.4, 0.5) is 13.2 Å². The minimum Gasteiger partial charge on any atom is -0.166 e. The minimum absolute atomic E-state index is 0.258. The lowest BCUT2D eigenvalue weighted by Crippen LogP contribution is -2.06. The molecule has 0 saturated carbocycles. The van der Waals surface area contributed by atoms with Crippen LogP contribution in [0, 0.1) is 0 Å². The van der Waals surface area contributed by atoms with Crippen molar-refractivity contribution in [3.63, 3.8) is 0 Å². The molecule has 0 aliphatic carbocycles. The van der Waals surface area contributed by atoms with E-state index < -0.39 is 11.7 Å². The van der Waals surface area contributed by atoms with Gasteiger partial charge in [-0.15, -0.1) is 0 Å². The molecule has 0 nitrogen and oxygen atoms in total. The standard InChI is InChI=1S/C13H8ClF3/c14-12-10(9-5-2-1-3-6-9)7-4-8-11(12)13(15,16)17/h1-8H. The topological polar surface area (TPSA) is 0 Å². The number of benzene rings is 2. The van der Waals surface area contributed by atoms with Crippen molar-refractivity contribution in [1.29, 1.82) is 0 Å². The van der Waals surface area contributed by atoms with Crippen LogP contribution in [-0.4, -0.2) is 0 Å². The van der Waals surface area contributed by atoms with E-state index in [1.54, 1.807) is 36.4 Å². The van der Waals surface area contributed by atoms with Gasteiger partial charge in [-0.05, 0) is 11.6 Å². The second kappa shape index (κ2) is 4.41. The fraction of sp³-hybridized carbons (Fsp3) is 0.0769. The van der Waals surface area contributed by atoms with E-state index in [0.29, 0.717) is 11.1 Å². The second-order valence-electron chi connectivity index (χ2n) is 3.53. The fourth-order valence-corrected chi connectivity index (χ4v) is 1.93. The average Bonchev–Trinajstić information content (AvgIpc) is 2.29. The summed E-state index contributed by atoms with van der Waals surface area (Å²) in [6, 6.07) is 12.7. The molecule has 0 amide bonds. The molecule has 88 valence electrons. The lowest BCUT2D eigenvalue weighted by Gasteiger charge is -2.12. The highest BCUT2D eigenvalue weighted by atomic mass is 35.5. The first-order chi connectivity index (χ1) is 8.00. The zero-order valence-electron chi connectivity index (χ0n) is 8.63. The predicted molar refractivity (Wildman–Crippen MR) is 61.9 cm³/mol. The van der Waals surface area contributed by atoms with Crippen molar-refractivity contribution in [2.45, 2.75) is 6.18 Å². The summed E-state index contributed by atoms with van der Waals surface area (Å²) in [4.78, 5) is 0. The van der Waals surface area contributed by atoms with Crippen LogP contribution in [0.25, 0.3) is 11.1 Å². The molecule has 0 fully saturated rings. The highest BCUT2D eigenvalue weighted by Crippen LogP contribution is 2.39. The Kier molecular flexibility index (Phi) is 3.11. The van der Waals surface area contributed by atoms with Crippen molar-refractivity contribution in [1.82, 2.24) is 0 Å². The van der Waals surface area contributed by atoms with Crippen LogP contribution in [0.5, 0.6) is 0 Å². The van der Waals surface area contributed by atoms with Crippen LogP contribution < -0.4 is 0 Å². The highest BCUT2D eigenvalue weighted by Gasteiger charge is 2.33. The summed E-state index contributed by atoms with van der Waals surface area (Å²) in [5.41, 5.74) is 0.256. The monoisotopic (exact) mass is 256 g/mol. The Hall–Kier alpha value is -1.48. The summed E-state index contributed by atoms with van der Waals surface area (Å²) in [6.45, 7) is 0. The van der Waals surface area contributed by atoms with Crippen LogP contribution in [0.1, 0.15) is 5.56 Å². The number of rotatable bonds is 1. The molecule has 0 saturated heterocycles. The fourth-order valence-electron chi connectivity index (χ4n) is 1.59. The van der Waals surface area contributed by atoms with Gasteiger partial charge in [-0.25, -0.2) is 0 Å². The van der Waals surface area contributed by atoms with Gasteiger partial charge >= 0.3 is 6.18 Å². The van der Waals surface area contributed by atoms with Gasteiger partial charge in [0.2, 0.25) is 0 Å². The normalized spacial score (nSPS) is 11.5. The smallest absolute Gasteiger partial charge is 0.166 e. The van der Waals surface area contributed by atoms with Crippen molar-refractivity contribution in [3.8, 4) is 11.1 Å². The van der Waals surface area contributed by atoms with Crippen LogP contribution >= 0.6 is 11.6 Å². The van der Waals surface area contributed by atoms with E-state index in [9.17, 15) is 13.2 Å². The van der Waals surface area contributed by atoms with E-state index >= 15 is 0 Å². The molecule has 0 N–H and O–H groups in total. The number of hydrogen-bond donors (Lipinski definition) is 0. The lowest BCUT2D eigenvalue weighted by molar-refractivity contribution is -0.137. The van der Waals surface area contributed by atoms with Crippen LogP contribution in [0.15, 0.2) is 48.5 Å². The molecule has 17 heavy (non-hydrogen) atoms. The first-order valence-corrected chi connectivity index (χ1v) is 5.29. The third-order valence-electron chi connectivity index (χ3n) is 2.39. The Morgan fingerprint density at radius 1 is 0.824 bits per heavy atom. The Labute approximate surface area is 102 Å². The zero-order valence-corrected chi connectivity index (χ0v) is 9.39. The molecule has 0 atom stereocenters.